The molecule has 0 aliphatic carbocycles. The standard InChI is InChI=1S/C15H14F3N3O3/c1-24-11-5-3-2-4-8(11)10-6-12(15(16,17)18)21-13(20-10)9(7-19-21)14(22)23/h2-5,7,10,12,20H,6H2,1H3,(H,22,23)/t10-,12-/m0/s1. The highest BCUT2D eigenvalue weighted by atomic mass is 19.4. The van der Waals surface area contributed by atoms with Crippen molar-refractivity contribution in [2.24, 2.45) is 0 Å². The number of nitrogens with one attached hydrogen (secondary N) is 1. The molecular weight excluding hydrogens is 327 g/mol. The van der Waals surface area contributed by atoms with Crippen molar-refractivity contribution in [3.8, 4) is 5.75 Å². The number of rotatable bonds is 3. The number of carboxylic acids is 1. The molecule has 0 saturated heterocycles. The van der Waals surface area contributed by atoms with E-state index >= 15 is 0 Å². The molecule has 0 saturated carbocycles. The number of methoxy groups -OCH3 is 1. The van der Waals surface area contributed by atoms with Gasteiger partial charge < -0.3 is 15.2 Å². The lowest BCUT2D eigenvalue weighted by molar-refractivity contribution is -0.173. The first-order chi connectivity index (χ1) is 11.3. The van der Waals surface area contributed by atoms with E-state index in [0.29, 0.717) is 16.0 Å². The zero-order valence-electron chi connectivity index (χ0n) is 12.5. The largest absolute Gasteiger partial charge is 0.496 e. The van der Waals surface area contributed by atoms with E-state index in [4.69, 9.17) is 4.74 Å². The molecule has 1 aromatic carbocycles. The zero-order chi connectivity index (χ0) is 17.5. The van der Waals surface area contributed by atoms with Crippen molar-refractivity contribution in [1.82, 2.24) is 9.78 Å². The third-order valence-corrected chi connectivity index (χ3v) is 3.98. The summed E-state index contributed by atoms with van der Waals surface area (Å²) in [6.45, 7) is 0. The second-order valence-corrected chi connectivity index (χ2v) is 5.39. The van der Waals surface area contributed by atoms with Crippen LogP contribution < -0.4 is 10.1 Å². The number of nitrogens with zero attached hydrogens (tertiary/aromatic N) is 2. The molecule has 0 amide bonds. The molecule has 128 valence electrons. The molecule has 0 radical (unpaired) electrons. The van der Waals surface area contributed by atoms with Crippen LogP contribution in [0.1, 0.15) is 34.4 Å². The average Bonchev–Trinajstić information content (AvgIpc) is 2.96. The Morgan fingerprint density at radius 3 is 2.75 bits per heavy atom. The number of carboxylic acid groups (broad SMARTS) is 1. The highest BCUT2D eigenvalue weighted by Gasteiger charge is 2.47. The fourth-order valence-corrected chi connectivity index (χ4v) is 2.88. The minimum absolute atomic E-state index is 0.160. The molecule has 1 aliphatic rings. The van der Waals surface area contributed by atoms with Crippen molar-refractivity contribution >= 4 is 11.8 Å². The monoisotopic (exact) mass is 341 g/mol. The molecule has 0 fully saturated rings. The fourth-order valence-electron chi connectivity index (χ4n) is 2.88. The van der Waals surface area contributed by atoms with Gasteiger partial charge in [0, 0.05) is 12.0 Å². The number of alkyl halides is 3. The van der Waals surface area contributed by atoms with E-state index in [0.717, 1.165) is 6.20 Å². The Morgan fingerprint density at radius 1 is 1.42 bits per heavy atom. The van der Waals surface area contributed by atoms with Gasteiger partial charge in [-0.05, 0) is 6.07 Å². The normalized spacial score (nSPS) is 20.2. The summed E-state index contributed by atoms with van der Waals surface area (Å²) < 4.78 is 46.2. The Hall–Kier alpha value is -2.71. The molecule has 0 bridgehead atoms. The van der Waals surface area contributed by atoms with Crippen LogP contribution in [0.5, 0.6) is 5.75 Å². The van der Waals surface area contributed by atoms with Gasteiger partial charge in [-0.25, -0.2) is 9.48 Å². The minimum atomic E-state index is -4.56. The van der Waals surface area contributed by atoms with Gasteiger partial charge in [0.2, 0.25) is 0 Å². The lowest BCUT2D eigenvalue weighted by atomic mass is 9.96. The Labute approximate surface area is 134 Å². The number of hydrogen-bond donors (Lipinski definition) is 2. The van der Waals surface area contributed by atoms with E-state index < -0.39 is 24.2 Å². The van der Waals surface area contributed by atoms with Gasteiger partial charge in [-0.3, -0.25) is 0 Å². The maximum Gasteiger partial charge on any atom is 0.410 e. The lowest BCUT2D eigenvalue weighted by Gasteiger charge is -2.34. The van der Waals surface area contributed by atoms with Gasteiger partial charge in [-0.2, -0.15) is 18.3 Å². The second kappa shape index (κ2) is 5.73. The summed E-state index contributed by atoms with van der Waals surface area (Å²) in [5, 5.41) is 15.7. The first-order valence-electron chi connectivity index (χ1n) is 7.10. The predicted octanol–water partition coefficient (Wildman–Crippen LogP) is 3.25. The Balaban J connectivity index is 2.09. The van der Waals surface area contributed by atoms with Gasteiger partial charge in [0.05, 0.1) is 19.3 Å². The summed E-state index contributed by atoms with van der Waals surface area (Å²) in [5.41, 5.74) is 0.224. The molecule has 0 spiro atoms. The van der Waals surface area contributed by atoms with E-state index in [1.54, 1.807) is 24.3 Å². The summed E-state index contributed by atoms with van der Waals surface area (Å²) in [6.07, 6.45) is -3.95. The van der Waals surface area contributed by atoms with Crippen molar-refractivity contribution in [2.45, 2.75) is 24.7 Å². The number of carbonyl (C=O) groups is 1. The van der Waals surface area contributed by atoms with Crippen LogP contribution >= 0.6 is 0 Å². The van der Waals surface area contributed by atoms with Gasteiger partial charge in [0.15, 0.2) is 6.04 Å². The molecule has 2 heterocycles. The number of halogens is 3. The average molecular weight is 341 g/mol. The highest BCUT2D eigenvalue weighted by molar-refractivity contribution is 5.93. The molecule has 2 aromatic rings. The number of para-hydroxylation sites is 1. The van der Waals surface area contributed by atoms with Crippen molar-refractivity contribution < 1.29 is 27.8 Å². The van der Waals surface area contributed by atoms with E-state index in [1.807, 2.05) is 0 Å². The van der Waals surface area contributed by atoms with E-state index in [1.165, 1.54) is 7.11 Å². The molecular formula is C15H14F3N3O3. The number of fused-ring (bicyclic) bond motifs is 1. The molecule has 2 atom stereocenters. The van der Waals surface area contributed by atoms with Crippen LogP contribution in [0, 0.1) is 0 Å². The lowest BCUT2D eigenvalue weighted by Crippen LogP contribution is -2.36. The number of aromatic carboxylic acids is 1. The summed E-state index contributed by atoms with van der Waals surface area (Å²) in [6, 6.07) is 4.01. The topological polar surface area (TPSA) is 76.4 Å². The highest BCUT2D eigenvalue weighted by Crippen LogP contribution is 2.45. The molecule has 9 heteroatoms. The van der Waals surface area contributed by atoms with Crippen LogP contribution in [0.15, 0.2) is 30.5 Å². The Bertz CT molecular complexity index is 773. The number of ether oxygens (including phenoxy) is 1. The van der Waals surface area contributed by atoms with Gasteiger partial charge in [0.25, 0.3) is 0 Å². The van der Waals surface area contributed by atoms with E-state index in [-0.39, 0.29) is 17.8 Å². The van der Waals surface area contributed by atoms with Gasteiger partial charge >= 0.3 is 12.1 Å². The predicted molar refractivity (Wildman–Crippen MR) is 78.3 cm³/mol. The third-order valence-electron chi connectivity index (χ3n) is 3.98. The number of benzene rings is 1. The first kappa shape index (κ1) is 16.2. The van der Waals surface area contributed by atoms with E-state index in [2.05, 4.69) is 10.4 Å². The minimum Gasteiger partial charge on any atom is -0.496 e. The third kappa shape index (κ3) is 2.66. The second-order valence-electron chi connectivity index (χ2n) is 5.39. The van der Waals surface area contributed by atoms with Crippen LogP contribution in [-0.4, -0.2) is 34.1 Å². The van der Waals surface area contributed by atoms with Gasteiger partial charge in [0.1, 0.15) is 17.1 Å². The van der Waals surface area contributed by atoms with E-state index in [9.17, 15) is 23.1 Å². The first-order valence-corrected chi connectivity index (χ1v) is 7.10. The number of aromatic nitrogens is 2. The van der Waals surface area contributed by atoms with Crippen LogP contribution in [0.3, 0.4) is 0 Å². The molecule has 6 nitrogen and oxygen atoms in total. The summed E-state index contributed by atoms with van der Waals surface area (Å²) in [7, 11) is 1.43. The Morgan fingerprint density at radius 2 is 2.12 bits per heavy atom. The smallest absolute Gasteiger partial charge is 0.410 e. The number of hydrogen-bond acceptors (Lipinski definition) is 4. The van der Waals surface area contributed by atoms with Crippen LogP contribution in [0.2, 0.25) is 0 Å². The molecule has 2 N–H and O–H groups in total. The van der Waals surface area contributed by atoms with Crippen LogP contribution in [0.4, 0.5) is 19.0 Å². The summed E-state index contributed by atoms with van der Waals surface area (Å²) in [5.74, 6) is -1.07. The number of anilines is 1. The van der Waals surface area contributed by atoms with Gasteiger partial charge in [-0.1, -0.05) is 18.2 Å². The molecule has 3 rings (SSSR count). The Kier molecular flexibility index (Phi) is 3.86. The van der Waals surface area contributed by atoms with Crippen molar-refractivity contribution in [3.05, 3.63) is 41.6 Å². The molecule has 0 unspecified atom stereocenters. The van der Waals surface area contributed by atoms with Crippen molar-refractivity contribution in [2.75, 3.05) is 12.4 Å². The summed E-state index contributed by atoms with van der Waals surface area (Å²) >= 11 is 0. The SMILES string of the molecule is COc1ccccc1[C@@H]1C[C@@H](C(F)(F)F)n2ncc(C(=O)O)c2N1. The maximum absolute atomic E-state index is 13.4. The quantitative estimate of drug-likeness (QED) is 0.896. The van der Waals surface area contributed by atoms with Crippen molar-refractivity contribution in [1.29, 1.82) is 0 Å². The summed E-state index contributed by atoms with van der Waals surface area (Å²) in [4.78, 5) is 11.3. The van der Waals surface area contributed by atoms with Crippen LogP contribution in [-0.2, 0) is 0 Å². The zero-order valence-corrected chi connectivity index (χ0v) is 12.5. The van der Waals surface area contributed by atoms with Crippen LogP contribution in [0.25, 0.3) is 0 Å². The maximum atomic E-state index is 13.4. The fraction of sp³-hybridized carbons (Fsp3) is 0.333. The molecule has 24 heavy (non-hydrogen) atoms. The van der Waals surface area contributed by atoms with Gasteiger partial charge in [-0.15, -0.1) is 0 Å². The molecule has 1 aromatic heterocycles. The van der Waals surface area contributed by atoms with Crippen molar-refractivity contribution in [3.63, 3.8) is 0 Å². The molecule has 1 aliphatic heterocycles.